The molecule has 0 aliphatic heterocycles. The number of rotatable bonds is 8. The van der Waals surface area contributed by atoms with Crippen molar-refractivity contribution in [1.82, 2.24) is 5.32 Å². The van der Waals surface area contributed by atoms with Crippen LogP contribution in [0.15, 0.2) is 0 Å². The van der Waals surface area contributed by atoms with Gasteiger partial charge < -0.3 is 10.4 Å². The Kier molecular flexibility index (Phi) is 7.41. The van der Waals surface area contributed by atoms with Crippen molar-refractivity contribution in [2.75, 3.05) is 19.7 Å². The van der Waals surface area contributed by atoms with Gasteiger partial charge in [0.05, 0.1) is 11.5 Å². The van der Waals surface area contributed by atoms with Crippen LogP contribution in [0.2, 0.25) is 0 Å². The molecule has 0 amide bonds. The molecule has 1 aliphatic carbocycles. The fourth-order valence-electron chi connectivity index (χ4n) is 2.95. The summed E-state index contributed by atoms with van der Waals surface area (Å²) in [5.74, 6) is 1.17. The normalized spacial score (nSPS) is 24.1. The van der Waals surface area contributed by atoms with Gasteiger partial charge in [-0.1, -0.05) is 19.3 Å². The Hall–Kier alpha value is -0.590. The lowest BCUT2D eigenvalue weighted by molar-refractivity contribution is 0.133. The average molecular weight is 266 g/mol. The van der Waals surface area contributed by atoms with Crippen molar-refractivity contribution < 1.29 is 5.11 Å². The van der Waals surface area contributed by atoms with Gasteiger partial charge in [-0.3, -0.25) is 0 Å². The first-order chi connectivity index (χ1) is 9.09. The van der Waals surface area contributed by atoms with Crippen LogP contribution in [0.5, 0.6) is 0 Å². The van der Waals surface area contributed by atoms with E-state index in [1.165, 1.54) is 25.7 Å². The quantitative estimate of drug-likeness (QED) is 0.664. The van der Waals surface area contributed by atoms with Crippen LogP contribution in [0.1, 0.15) is 58.8 Å². The van der Waals surface area contributed by atoms with Crippen LogP contribution in [-0.4, -0.2) is 24.8 Å². The molecule has 1 fully saturated rings. The van der Waals surface area contributed by atoms with Crippen LogP contribution in [0.25, 0.3) is 0 Å². The second kappa shape index (κ2) is 8.55. The molecule has 2 unspecified atom stereocenters. The lowest BCUT2D eigenvalue weighted by Crippen LogP contribution is -2.32. The summed E-state index contributed by atoms with van der Waals surface area (Å²) in [7, 11) is 0. The van der Waals surface area contributed by atoms with E-state index in [9.17, 15) is 5.11 Å². The first-order valence-electron chi connectivity index (χ1n) is 7.82. The Bertz CT molecular complexity index is 283. The fourth-order valence-corrected chi connectivity index (χ4v) is 2.95. The zero-order chi connectivity index (χ0) is 14.1. The van der Waals surface area contributed by atoms with Crippen molar-refractivity contribution in [3.63, 3.8) is 0 Å². The summed E-state index contributed by atoms with van der Waals surface area (Å²) in [6, 6.07) is 2.35. The zero-order valence-electron chi connectivity index (χ0n) is 12.6. The highest BCUT2D eigenvalue weighted by atomic mass is 16.3. The highest BCUT2D eigenvalue weighted by molar-refractivity contribution is 4.91. The molecule has 0 aromatic carbocycles. The predicted octanol–water partition coefficient (Wildman–Crippen LogP) is 3.09. The summed E-state index contributed by atoms with van der Waals surface area (Å²) in [5.41, 5.74) is -0.175. The van der Waals surface area contributed by atoms with E-state index in [0.717, 1.165) is 32.4 Å². The van der Waals surface area contributed by atoms with Crippen LogP contribution in [0, 0.1) is 28.6 Å². The van der Waals surface area contributed by atoms with E-state index in [1.54, 1.807) is 0 Å². The number of hydrogen-bond acceptors (Lipinski definition) is 3. The third-order valence-electron chi connectivity index (χ3n) is 4.42. The molecule has 1 rings (SSSR count). The summed E-state index contributed by atoms with van der Waals surface area (Å²) in [5, 5.41) is 21.8. The number of aliphatic hydroxyl groups is 1. The third kappa shape index (κ3) is 6.40. The summed E-state index contributed by atoms with van der Waals surface area (Å²) in [6.45, 7) is 6.45. The molecule has 0 aromatic rings. The van der Waals surface area contributed by atoms with Crippen molar-refractivity contribution in [2.45, 2.75) is 58.8 Å². The highest BCUT2D eigenvalue weighted by Gasteiger charge is 2.23. The van der Waals surface area contributed by atoms with Gasteiger partial charge in [0, 0.05) is 6.61 Å². The Morgan fingerprint density at radius 1 is 1.21 bits per heavy atom. The molecule has 0 saturated heterocycles. The number of nitrogens with zero attached hydrogens (tertiary/aromatic N) is 1. The molecule has 1 saturated carbocycles. The smallest absolute Gasteiger partial charge is 0.0683 e. The van der Waals surface area contributed by atoms with Gasteiger partial charge in [0.25, 0.3) is 0 Å². The van der Waals surface area contributed by atoms with Gasteiger partial charge in [-0.15, -0.1) is 0 Å². The zero-order valence-corrected chi connectivity index (χ0v) is 12.6. The first-order valence-corrected chi connectivity index (χ1v) is 7.82. The van der Waals surface area contributed by atoms with E-state index < -0.39 is 0 Å². The van der Waals surface area contributed by atoms with Crippen molar-refractivity contribution >= 4 is 0 Å². The minimum atomic E-state index is -0.175. The molecular formula is C16H30N2O. The van der Waals surface area contributed by atoms with Crippen LogP contribution in [0.4, 0.5) is 0 Å². The summed E-state index contributed by atoms with van der Waals surface area (Å²) < 4.78 is 0. The number of hydrogen-bond donors (Lipinski definition) is 2. The topological polar surface area (TPSA) is 56.0 Å². The van der Waals surface area contributed by atoms with Gasteiger partial charge in [0.15, 0.2) is 0 Å². The standard InChI is InChI=1S/C16H30N2O/c1-16(2,13-17)9-5-6-10-18-11-14-7-3-4-8-15(14)12-19/h14-15,18-19H,3-12H2,1-2H3. The molecule has 19 heavy (non-hydrogen) atoms. The lowest BCUT2D eigenvalue weighted by Gasteiger charge is -2.30. The molecule has 110 valence electrons. The van der Waals surface area contributed by atoms with Crippen LogP contribution < -0.4 is 5.32 Å². The van der Waals surface area contributed by atoms with E-state index in [0.29, 0.717) is 18.4 Å². The minimum Gasteiger partial charge on any atom is -0.396 e. The highest BCUT2D eigenvalue weighted by Crippen LogP contribution is 2.29. The monoisotopic (exact) mass is 266 g/mol. The van der Waals surface area contributed by atoms with Crippen LogP contribution >= 0.6 is 0 Å². The van der Waals surface area contributed by atoms with Gasteiger partial charge in [0.1, 0.15) is 0 Å². The summed E-state index contributed by atoms with van der Waals surface area (Å²) in [4.78, 5) is 0. The number of unbranched alkanes of at least 4 members (excludes halogenated alkanes) is 1. The van der Waals surface area contributed by atoms with Crippen molar-refractivity contribution in [2.24, 2.45) is 17.3 Å². The molecule has 2 atom stereocenters. The SMILES string of the molecule is CC(C)(C#N)CCCCNCC1CCCCC1CO. The van der Waals surface area contributed by atoms with Crippen LogP contribution in [-0.2, 0) is 0 Å². The molecule has 0 spiro atoms. The predicted molar refractivity (Wildman–Crippen MR) is 78.6 cm³/mol. The molecule has 2 N–H and O–H groups in total. The van der Waals surface area contributed by atoms with E-state index >= 15 is 0 Å². The first kappa shape index (κ1) is 16.5. The summed E-state index contributed by atoms with van der Waals surface area (Å²) >= 11 is 0. The fraction of sp³-hybridized carbons (Fsp3) is 0.938. The van der Waals surface area contributed by atoms with Gasteiger partial charge in [-0.25, -0.2) is 0 Å². The second-order valence-corrected chi connectivity index (χ2v) is 6.64. The Labute approximate surface area is 118 Å². The Balaban J connectivity index is 2.06. The van der Waals surface area contributed by atoms with E-state index in [1.807, 2.05) is 13.8 Å². The molecular weight excluding hydrogens is 236 g/mol. The minimum absolute atomic E-state index is 0.175. The van der Waals surface area contributed by atoms with Crippen molar-refractivity contribution in [3.05, 3.63) is 0 Å². The van der Waals surface area contributed by atoms with Gasteiger partial charge >= 0.3 is 0 Å². The van der Waals surface area contributed by atoms with Gasteiger partial charge in [-0.2, -0.15) is 5.26 Å². The molecule has 3 heteroatoms. The number of nitrogens with one attached hydrogen (secondary N) is 1. The number of nitriles is 1. The van der Waals surface area contributed by atoms with E-state index in [4.69, 9.17) is 5.26 Å². The second-order valence-electron chi connectivity index (χ2n) is 6.64. The van der Waals surface area contributed by atoms with E-state index in [2.05, 4.69) is 11.4 Å². The molecule has 0 aromatic heterocycles. The Morgan fingerprint density at radius 2 is 1.89 bits per heavy atom. The lowest BCUT2D eigenvalue weighted by atomic mass is 9.79. The van der Waals surface area contributed by atoms with Crippen molar-refractivity contribution in [1.29, 1.82) is 5.26 Å². The number of aliphatic hydroxyl groups excluding tert-OH is 1. The van der Waals surface area contributed by atoms with Crippen LogP contribution in [0.3, 0.4) is 0 Å². The molecule has 3 nitrogen and oxygen atoms in total. The van der Waals surface area contributed by atoms with Gasteiger partial charge in [0.2, 0.25) is 0 Å². The summed E-state index contributed by atoms with van der Waals surface area (Å²) in [6.07, 6.45) is 8.29. The largest absolute Gasteiger partial charge is 0.396 e. The Morgan fingerprint density at radius 3 is 2.53 bits per heavy atom. The van der Waals surface area contributed by atoms with E-state index in [-0.39, 0.29) is 5.41 Å². The van der Waals surface area contributed by atoms with Crippen molar-refractivity contribution in [3.8, 4) is 6.07 Å². The maximum absolute atomic E-state index is 9.36. The third-order valence-corrected chi connectivity index (χ3v) is 4.42. The molecule has 0 bridgehead atoms. The maximum Gasteiger partial charge on any atom is 0.0683 e. The molecule has 1 aliphatic rings. The molecule has 0 heterocycles. The maximum atomic E-state index is 9.36. The van der Waals surface area contributed by atoms with Gasteiger partial charge in [-0.05, 0) is 64.5 Å². The average Bonchev–Trinajstić information content (AvgIpc) is 2.43. The molecule has 0 radical (unpaired) electrons.